The molecule has 0 bridgehead atoms. The van der Waals surface area contributed by atoms with Crippen molar-refractivity contribution in [1.29, 1.82) is 0 Å². The normalized spacial score (nSPS) is 14.8. The van der Waals surface area contributed by atoms with Crippen molar-refractivity contribution >= 4 is 47.1 Å². The van der Waals surface area contributed by atoms with E-state index in [9.17, 15) is 9.59 Å². The number of aryl methyl sites for hydroxylation is 1. The number of aromatic nitrogens is 1. The molecule has 10 heteroatoms. The number of carbonyl (C=O) groups excluding carboxylic acids is 2. The number of hydrogen-bond donors (Lipinski definition) is 3. The number of ketones is 1. The number of allylic oxidation sites excluding steroid dienone is 1. The highest BCUT2D eigenvalue weighted by atomic mass is 32.1. The molecule has 1 aliphatic heterocycles. The van der Waals surface area contributed by atoms with Gasteiger partial charge in [0.25, 0.3) is 0 Å². The van der Waals surface area contributed by atoms with Crippen LogP contribution in [0.2, 0.25) is 0 Å². The van der Waals surface area contributed by atoms with Gasteiger partial charge in [-0.15, -0.1) is 0 Å². The molecule has 2 heterocycles. The van der Waals surface area contributed by atoms with Crippen LogP contribution < -0.4 is 21.7 Å². The summed E-state index contributed by atoms with van der Waals surface area (Å²) in [5, 5.41) is 2.41. The molecule has 0 aromatic carbocycles. The van der Waals surface area contributed by atoms with Gasteiger partial charge >= 0.3 is 0 Å². The lowest BCUT2D eigenvalue weighted by Crippen LogP contribution is -2.47. The molecule has 1 saturated heterocycles. The van der Waals surface area contributed by atoms with E-state index in [1.54, 1.807) is 25.3 Å². The predicted octanol–water partition coefficient (Wildman–Crippen LogP) is 1.59. The molecule has 0 saturated carbocycles. The molecule has 174 valence electrons. The first-order chi connectivity index (χ1) is 15.3. The third-order valence-electron chi connectivity index (χ3n) is 4.58. The molecular formula is C22H33N7O2S. The number of hydrogen-bond acceptors (Lipinski definition) is 9. The molecule has 1 aromatic heterocycles. The van der Waals surface area contributed by atoms with Crippen LogP contribution in [0.3, 0.4) is 0 Å². The van der Waals surface area contributed by atoms with Crippen LogP contribution in [0, 0.1) is 6.92 Å². The molecule has 32 heavy (non-hydrogen) atoms. The summed E-state index contributed by atoms with van der Waals surface area (Å²) in [7, 11) is 0. The van der Waals surface area contributed by atoms with E-state index in [-0.39, 0.29) is 5.78 Å². The molecule has 0 radical (unpaired) electrons. The van der Waals surface area contributed by atoms with Crippen LogP contribution in [0.1, 0.15) is 26.0 Å². The molecule has 2 rings (SSSR count). The summed E-state index contributed by atoms with van der Waals surface area (Å²) >= 11 is 4.99. The molecule has 0 aliphatic carbocycles. The monoisotopic (exact) mass is 459 g/mol. The Kier molecular flexibility index (Phi) is 12.5. The largest absolute Gasteiger partial charge is 0.405 e. The molecular weight excluding hydrogens is 426 g/mol. The van der Waals surface area contributed by atoms with Crippen molar-refractivity contribution in [2.45, 2.75) is 27.2 Å². The van der Waals surface area contributed by atoms with Crippen LogP contribution >= 0.6 is 12.2 Å². The van der Waals surface area contributed by atoms with Gasteiger partial charge in [0.15, 0.2) is 5.82 Å². The fraction of sp³-hybridized carbons (Fsp3) is 0.409. The maximum absolute atomic E-state index is 10.4. The number of pyridine rings is 1. The second kappa shape index (κ2) is 14.8. The van der Waals surface area contributed by atoms with Crippen LogP contribution in [-0.2, 0) is 9.59 Å². The minimum absolute atomic E-state index is 0.255. The lowest BCUT2D eigenvalue weighted by molar-refractivity contribution is -0.116. The molecule has 1 aromatic rings. The van der Waals surface area contributed by atoms with E-state index in [4.69, 9.17) is 23.7 Å². The summed E-state index contributed by atoms with van der Waals surface area (Å²) in [5.74, 6) is 0.913. The number of amides is 1. The van der Waals surface area contributed by atoms with Crippen LogP contribution in [0.25, 0.3) is 0 Å². The molecule has 0 atom stereocenters. The second-order valence-electron chi connectivity index (χ2n) is 7.10. The summed E-state index contributed by atoms with van der Waals surface area (Å²) in [6.45, 7) is 9.56. The van der Waals surface area contributed by atoms with Crippen molar-refractivity contribution in [1.82, 2.24) is 15.2 Å². The van der Waals surface area contributed by atoms with Gasteiger partial charge in [-0.25, -0.2) is 9.98 Å². The number of thiocarbonyl (C=S) groups is 1. The molecule has 9 nitrogen and oxygen atoms in total. The summed E-state index contributed by atoms with van der Waals surface area (Å²) < 4.78 is 0. The summed E-state index contributed by atoms with van der Waals surface area (Å²) in [6.07, 6.45) is 7.54. The Morgan fingerprint density at radius 3 is 2.50 bits per heavy atom. The SMILES string of the molecule is CCC(C)=O.Cc1nc(N=C/C=C\N)ccc1N1CCN(C/C(N)=C/C(=S)NC=O)CC1. The highest BCUT2D eigenvalue weighted by Crippen LogP contribution is 2.23. The predicted molar refractivity (Wildman–Crippen MR) is 134 cm³/mol. The standard InChI is InChI=1S/C18H25N7OS.C4H8O/c1-14-16(3-4-17(23-14)21-6-2-5-19)25-9-7-24(8-10-25)12-15(20)11-18(27)22-13-26;1-3-4(2)5/h2-6,11,13H,7-10,12,19-20H2,1H3,(H,22,26,27);3H2,1-2H3/b5-2-,15-11-,21-6?;. The maximum atomic E-state index is 10.4. The van der Waals surface area contributed by atoms with Crippen molar-refractivity contribution in [3.8, 4) is 0 Å². The van der Waals surface area contributed by atoms with E-state index in [0.717, 1.165) is 37.6 Å². The minimum Gasteiger partial charge on any atom is -0.405 e. The summed E-state index contributed by atoms with van der Waals surface area (Å²) in [6, 6.07) is 3.95. The fourth-order valence-electron chi connectivity index (χ4n) is 2.83. The molecule has 1 fully saturated rings. The number of anilines is 1. The third kappa shape index (κ3) is 10.3. The molecule has 0 unspecified atom stereocenters. The fourth-order valence-corrected chi connectivity index (χ4v) is 3.03. The Morgan fingerprint density at radius 2 is 1.97 bits per heavy atom. The topological polar surface area (TPSA) is 130 Å². The number of nitrogens with one attached hydrogen (secondary N) is 1. The smallest absolute Gasteiger partial charge is 0.212 e. The van der Waals surface area contributed by atoms with Crippen molar-refractivity contribution < 1.29 is 9.59 Å². The highest BCUT2D eigenvalue weighted by Gasteiger charge is 2.19. The van der Waals surface area contributed by atoms with Gasteiger partial charge in [-0.3, -0.25) is 9.69 Å². The van der Waals surface area contributed by atoms with Gasteiger partial charge in [0.1, 0.15) is 10.8 Å². The van der Waals surface area contributed by atoms with Crippen molar-refractivity contribution in [2.24, 2.45) is 16.5 Å². The zero-order valence-electron chi connectivity index (χ0n) is 19.0. The quantitative estimate of drug-likeness (QED) is 0.231. The number of rotatable bonds is 8. The Bertz CT molecular complexity index is 860. The third-order valence-corrected chi connectivity index (χ3v) is 4.82. The van der Waals surface area contributed by atoms with Gasteiger partial charge in [0.2, 0.25) is 6.41 Å². The Balaban J connectivity index is 0.000000920. The van der Waals surface area contributed by atoms with Crippen molar-refractivity contribution in [3.63, 3.8) is 0 Å². The van der Waals surface area contributed by atoms with Gasteiger partial charge in [-0.05, 0) is 44.3 Å². The molecule has 1 amide bonds. The van der Waals surface area contributed by atoms with E-state index in [1.165, 1.54) is 6.20 Å². The molecule has 5 N–H and O–H groups in total. The van der Waals surface area contributed by atoms with Crippen LogP contribution in [-0.4, -0.2) is 66.0 Å². The lowest BCUT2D eigenvalue weighted by atomic mass is 10.2. The number of aliphatic imine (C=N–C) groups is 1. The second-order valence-corrected chi connectivity index (χ2v) is 7.54. The zero-order valence-corrected chi connectivity index (χ0v) is 19.8. The van der Waals surface area contributed by atoms with Gasteiger partial charge < -0.3 is 26.5 Å². The number of carbonyl (C=O) groups is 2. The van der Waals surface area contributed by atoms with E-state index in [1.807, 2.05) is 19.9 Å². The Morgan fingerprint density at radius 1 is 1.31 bits per heavy atom. The summed E-state index contributed by atoms with van der Waals surface area (Å²) in [5.41, 5.74) is 14.0. The van der Waals surface area contributed by atoms with Gasteiger partial charge in [-0.2, -0.15) is 0 Å². The van der Waals surface area contributed by atoms with E-state index >= 15 is 0 Å². The van der Waals surface area contributed by atoms with Gasteiger partial charge in [0.05, 0.1) is 11.4 Å². The first-order valence-electron chi connectivity index (χ1n) is 10.4. The number of piperazine rings is 1. The Labute approximate surface area is 195 Å². The van der Waals surface area contributed by atoms with Crippen LogP contribution in [0.4, 0.5) is 11.5 Å². The zero-order chi connectivity index (χ0) is 23.9. The number of Topliss-reactive ketones (excluding diaryl/α,β-unsaturated/α-hetero) is 1. The lowest BCUT2D eigenvalue weighted by Gasteiger charge is -2.36. The van der Waals surface area contributed by atoms with E-state index < -0.39 is 0 Å². The van der Waals surface area contributed by atoms with E-state index in [0.29, 0.717) is 35.9 Å². The maximum Gasteiger partial charge on any atom is 0.212 e. The van der Waals surface area contributed by atoms with Crippen molar-refractivity contribution in [2.75, 3.05) is 37.6 Å². The Hall–Kier alpha value is -3.11. The average molecular weight is 460 g/mol. The van der Waals surface area contributed by atoms with Crippen molar-refractivity contribution in [3.05, 3.63) is 41.9 Å². The summed E-state index contributed by atoms with van der Waals surface area (Å²) in [4.78, 5) is 33.8. The first kappa shape index (κ1) is 26.9. The average Bonchev–Trinajstić information content (AvgIpc) is 2.75. The van der Waals surface area contributed by atoms with E-state index in [2.05, 4.69) is 31.2 Å². The number of nitrogens with zero attached hydrogens (tertiary/aromatic N) is 4. The first-order valence-corrected chi connectivity index (χ1v) is 10.8. The van der Waals surface area contributed by atoms with Gasteiger partial charge in [0, 0.05) is 51.1 Å². The van der Waals surface area contributed by atoms with Crippen LogP contribution in [0.15, 0.2) is 41.2 Å². The number of nitrogens with two attached hydrogens (primary N) is 2. The van der Waals surface area contributed by atoms with Gasteiger partial charge in [-0.1, -0.05) is 19.1 Å². The highest BCUT2D eigenvalue weighted by molar-refractivity contribution is 7.80. The molecule has 1 aliphatic rings. The van der Waals surface area contributed by atoms with Crippen LogP contribution in [0.5, 0.6) is 0 Å². The molecule has 0 spiro atoms. The minimum atomic E-state index is 0.255.